The van der Waals surface area contributed by atoms with Crippen LogP contribution in [0.15, 0.2) is 72.4 Å². The van der Waals surface area contributed by atoms with Crippen LogP contribution in [-0.4, -0.2) is 14.8 Å². The Hall–Kier alpha value is -2.60. The van der Waals surface area contributed by atoms with E-state index in [0.29, 0.717) is 12.4 Å². The number of hydrogen-bond donors (Lipinski definition) is 0. The van der Waals surface area contributed by atoms with Crippen LogP contribution in [0.1, 0.15) is 11.4 Å². The largest absolute Gasteiger partial charge is 0.483 e. The summed E-state index contributed by atoms with van der Waals surface area (Å²) < 4.78 is 21.1. The Morgan fingerprint density at radius 1 is 1.08 bits per heavy atom. The van der Waals surface area contributed by atoms with Gasteiger partial charge in [-0.15, -0.1) is 16.8 Å². The molecule has 3 rings (SSSR count). The number of aromatic nitrogens is 3. The molecule has 2 aromatic carbocycles. The molecule has 0 atom stereocenters. The molecule has 0 aliphatic carbocycles. The van der Waals surface area contributed by atoms with Crippen molar-refractivity contribution in [1.29, 1.82) is 0 Å². The van der Waals surface area contributed by atoms with Crippen LogP contribution in [0.5, 0.6) is 5.75 Å². The molecule has 6 heteroatoms. The maximum absolute atomic E-state index is 13.7. The van der Waals surface area contributed by atoms with Gasteiger partial charge in [0.05, 0.1) is 0 Å². The molecule has 0 aliphatic heterocycles. The van der Waals surface area contributed by atoms with Crippen LogP contribution in [0.4, 0.5) is 4.39 Å². The summed E-state index contributed by atoms with van der Waals surface area (Å²) in [5, 5.41) is 9.22. The third-order valence-electron chi connectivity index (χ3n) is 3.51. The van der Waals surface area contributed by atoms with Crippen molar-refractivity contribution in [3.63, 3.8) is 0 Å². The normalized spacial score (nSPS) is 10.6. The molecule has 0 bridgehead atoms. The third-order valence-corrected chi connectivity index (χ3v) is 4.55. The summed E-state index contributed by atoms with van der Waals surface area (Å²) in [5.41, 5.74) is 1.21. The average molecular weight is 355 g/mol. The lowest BCUT2D eigenvalue weighted by atomic mass is 10.2. The molecule has 0 unspecified atom stereocenters. The van der Waals surface area contributed by atoms with E-state index in [9.17, 15) is 4.39 Å². The Bertz CT molecular complexity index is 836. The van der Waals surface area contributed by atoms with E-state index in [0.717, 1.165) is 10.9 Å². The average Bonchev–Trinajstić information content (AvgIpc) is 3.02. The number of halogens is 1. The van der Waals surface area contributed by atoms with Gasteiger partial charge in [0, 0.05) is 12.3 Å². The van der Waals surface area contributed by atoms with Crippen LogP contribution < -0.4 is 4.74 Å². The van der Waals surface area contributed by atoms with Crippen LogP contribution >= 0.6 is 11.8 Å². The molecule has 1 heterocycles. The van der Waals surface area contributed by atoms with Gasteiger partial charge in [-0.05, 0) is 17.7 Å². The van der Waals surface area contributed by atoms with Crippen molar-refractivity contribution in [2.75, 3.05) is 0 Å². The first-order valence-electron chi connectivity index (χ1n) is 7.85. The van der Waals surface area contributed by atoms with Crippen molar-refractivity contribution in [2.45, 2.75) is 24.1 Å². The van der Waals surface area contributed by atoms with E-state index in [4.69, 9.17) is 4.74 Å². The van der Waals surface area contributed by atoms with Crippen molar-refractivity contribution in [1.82, 2.24) is 14.8 Å². The highest BCUT2D eigenvalue weighted by Crippen LogP contribution is 2.23. The highest BCUT2D eigenvalue weighted by atomic mass is 32.2. The Morgan fingerprint density at radius 3 is 2.60 bits per heavy atom. The van der Waals surface area contributed by atoms with E-state index in [1.54, 1.807) is 36.0 Å². The lowest BCUT2D eigenvalue weighted by Gasteiger charge is -2.09. The monoisotopic (exact) mass is 355 g/mol. The second-order valence-corrected chi connectivity index (χ2v) is 6.23. The minimum absolute atomic E-state index is 0.146. The molecule has 0 fully saturated rings. The van der Waals surface area contributed by atoms with Crippen LogP contribution in [0.25, 0.3) is 0 Å². The molecule has 0 amide bonds. The zero-order valence-corrected chi connectivity index (χ0v) is 14.5. The Labute approximate surface area is 150 Å². The molecule has 0 saturated heterocycles. The zero-order chi connectivity index (χ0) is 17.5. The maximum Gasteiger partial charge on any atom is 0.191 e. The lowest BCUT2D eigenvalue weighted by molar-refractivity contribution is 0.275. The second kappa shape index (κ2) is 8.48. The number of benzene rings is 2. The highest BCUT2D eigenvalue weighted by Gasteiger charge is 2.13. The van der Waals surface area contributed by atoms with Crippen molar-refractivity contribution >= 4 is 11.8 Å². The van der Waals surface area contributed by atoms with Gasteiger partial charge in [0.1, 0.15) is 6.61 Å². The Balaban J connectivity index is 1.70. The number of ether oxygens (including phenoxy) is 1. The van der Waals surface area contributed by atoms with Crippen LogP contribution in [0.2, 0.25) is 0 Å². The smallest absolute Gasteiger partial charge is 0.191 e. The summed E-state index contributed by atoms with van der Waals surface area (Å²) in [5.74, 6) is 1.24. The lowest BCUT2D eigenvalue weighted by Crippen LogP contribution is -2.08. The molecule has 0 N–H and O–H groups in total. The van der Waals surface area contributed by atoms with Gasteiger partial charge in [-0.2, -0.15) is 0 Å². The number of rotatable bonds is 8. The Kier molecular flexibility index (Phi) is 5.85. The fourth-order valence-electron chi connectivity index (χ4n) is 2.27. The van der Waals surface area contributed by atoms with Crippen molar-refractivity contribution in [2.24, 2.45) is 0 Å². The first kappa shape index (κ1) is 17.2. The molecule has 0 aliphatic rings. The summed E-state index contributed by atoms with van der Waals surface area (Å²) in [6.07, 6.45) is 1.78. The molecule has 25 heavy (non-hydrogen) atoms. The summed E-state index contributed by atoms with van der Waals surface area (Å²) in [6, 6.07) is 16.5. The van der Waals surface area contributed by atoms with Crippen molar-refractivity contribution < 1.29 is 9.13 Å². The van der Waals surface area contributed by atoms with Gasteiger partial charge in [0.15, 0.2) is 22.5 Å². The second-order valence-electron chi connectivity index (χ2n) is 5.29. The van der Waals surface area contributed by atoms with Crippen LogP contribution in [0, 0.1) is 5.82 Å². The van der Waals surface area contributed by atoms with Gasteiger partial charge in [0.2, 0.25) is 0 Å². The minimum Gasteiger partial charge on any atom is -0.483 e. The number of thioether (sulfide) groups is 1. The van der Waals surface area contributed by atoms with E-state index >= 15 is 0 Å². The van der Waals surface area contributed by atoms with E-state index < -0.39 is 5.82 Å². The van der Waals surface area contributed by atoms with Gasteiger partial charge in [-0.25, -0.2) is 4.39 Å². The van der Waals surface area contributed by atoms with Crippen LogP contribution in [0.3, 0.4) is 0 Å². The number of nitrogens with zero attached hydrogens (tertiary/aromatic N) is 3. The predicted octanol–water partition coefficient (Wildman–Crippen LogP) is 4.47. The highest BCUT2D eigenvalue weighted by molar-refractivity contribution is 7.98. The van der Waals surface area contributed by atoms with Gasteiger partial charge in [-0.1, -0.05) is 60.3 Å². The summed E-state index contributed by atoms with van der Waals surface area (Å²) in [7, 11) is 0. The summed E-state index contributed by atoms with van der Waals surface area (Å²) in [4.78, 5) is 0. The molecule has 1 aromatic heterocycles. The summed E-state index contributed by atoms with van der Waals surface area (Å²) in [6.45, 7) is 4.50. The predicted molar refractivity (Wildman–Crippen MR) is 97.0 cm³/mol. The molecule has 0 radical (unpaired) electrons. The molecule has 4 nitrogen and oxygen atoms in total. The third kappa shape index (κ3) is 4.48. The van der Waals surface area contributed by atoms with Crippen LogP contribution in [-0.2, 0) is 18.9 Å². The molecular weight excluding hydrogens is 337 g/mol. The molecule has 128 valence electrons. The quantitative estimate of drug-likeness (QED) is 0.441. The number of hydrogen-bond acceptors (Lipinski definition) is 4. The first-order chi connectivity index (χ1) is 12.3. The number of para-hydroxylation sites is 1. The molecule has 0 spiro atoms. The van der Waals surface area contributed by atoms with E-state index in [-0.39, 0.29) is 12.4 Å². The molecule has 3 aromatic rings. The molecule has 0 saturated carbocycles. The fraction of sp³-hybridized carbons (Fsp3) is 0.158. The fourth-order valence-corrected chi connectivity index (χ4v) is 3.19. The van der Waals surface area contributed by atoms with Gasteiger partial charge in [-0.3, -0.25) is 4.57 Å². The topological polar surface area (TPSA) is 39.9 Å². The van der Waals surface area contributed by atoms with Crippen molar-refractivity contribution in [3.8, 4) is 5.75 Å². The maximum atomic E-state index is 13.7. The SMILES string of the molecule is C=CCn1c(COc2ccccc2F)nnc1SCc1ccccc1. The summed E-state index contributed by atoms with van der Waals surface area (Å²) >= 11 is 1.60. The Morgan fingerprint density at radius 2 is 1.84 bits per heavy atom. The first-order valence-corrected chi connectivity index (χ1v) is 8.83. The van der Waals surface area contributed by atoms with Gasteiger partial charge < -0.3 is 4.74 Å². The number of allylic oxidation sites excluding steroid dienone is 1. The van der Waals surface area contributed by atoms with E-state index in [2.05, 4.69) is 28.9 Å². The minimum atomic E-state index is -0.393. The van der Waals surface area contributed by atoms with Gasteiger partial charge >= 0.3 is 0 Å². The standard InChI is InChI=1S/C19H18FN3OS/c1-2-12-23-18(13-24-17-11-7-6-10-16(17)20)21-22-19(23)25-14-15-8-4-3-5-9-15/h2-11H,1,12-14H2. The zero-order valence-electron chi connectivity index (χ0n) is 13.6. The van der Waals surface area contributed by atoms with Gasteiger partial charge in [0.25, 0.3) is 0 Å². The van der Waals surface area contributed by atoms with E-state index in [1.165, 1.54) is 11.6 Å². The molecular formula is C19H18FN3OS. The van der Waals surface area contributed by atoms with E-state index in [1.807, 2.05) is 22.8 Å². The van der Waals surface area contributed by atoms with Crippen molar-refractivity contribution in [3.05, 3.63) is 84.5 Å².